The van der Waals surface area contributed by atoms with Gasteiger partial charge in [0.15, 0.2) is 5.17 Å². The van der Waals surface area contributed by atoms with E-state index in [0.717, 1.165) is 29.6 Å². The van der Waals surface area contributed by atoms with Gasteiger partial charge in [0, 0.05) is 17.5 Å². The van der Waals surface area contributed by atoms with Crippen LogP contribution in [0.2, 0.25) is 0 Å². The minimum absolute atomic E-state index is 0.903. The molecule has 0 N–H and O–H groups in total. The Balaban J connectivity index is 1.86. The molecule has 4 rings (SSSR count). The van der Waals surface area contributed by atoms with Crippen molar-refractivity contribution in [2.75, 3.05) is 19.3 Å². The van der Waals surface area contributed by atoms with Crippen LogP contribution in [0.5, 0.6) is 0 Å². The van der Waals surface area contributed by atoms with E-state index < -0.39 is 0 Å². The van der Waals surface area contributed by atoms with E-state index in [9.17, 15) is 0 Å². The number of thioether (sulfide) groups is 2. The zero-order valence-corrected chi connectivity index (χ0v) is 13.0. The fourth-order valence-electron chi connectivity index (χ4n) is 2.70. The molecule has 0 bridgehead atoms. The molecule has 0 radical (unpaired) electrons. The van der Waals surface area contributed by atoms with Crippen molar-refractivity contribution in [2.45, 2.75) is 6.92 Å². The van der Waals surface area contributed by atoms with Crippen molar-refractivity contribution >= 4 is 45.4 Å². The van der Waals surface area contributed by atoms with Crippen LogP contribution in [0, 0.1) is 6.92 Å². The molecular weight excluding hydrogens is 288 g/mol. The van der Waals surface area contributed by atoms with Crippen molar-refractivity contribution in [1.82, 2.24) is 4.90 Å². The number of aryl methyl sites for hydroxylation is 1. The van der Waals surface area contributed by atoms with E-state index in [-0.39, 0.29) is 0 Å². The van der Waals surface area contributed by atoms with Gasteiger partial charge in [-0.25, -0.2) is 0 Å². The molecule has 2 aliphatic heterocycles. The Kier molecular flexibility index (Phi) is 2.86. The van der Waals surface area contributed by atoms with Crippen molar-refractivity contribution in [3.05, 3.63) is 39.8 Å². The summed E-state index contributed by atoms with van der Waals surface area (Å²) < 4.78 is 7.00. The number of furan rings is 1. The van der Waals surface area contributed by atoms with Crippen LogP contribution in [0.1, 0.15) is 11.3 Å². The molecule has 1 aromatic heterocycles. The molecular formula is C15H14N2OS2. The van der Waals surface area contributed by atoms with Gasteiger partial charge in [-0.3, -0.25) is 4.99 Å². The molecule has 20 heavy (non-hydrogen) atoms. The molecule has 3 heterocycles. The molecule has 3 nitrogen and oxygen atoms in total. The van der Waals surface area contributed by atoms with E-state index in [1.165, 1.54) is 20.9 Å². The highest BCUT2D eigenvalue weighted by Gasteiger charge is 2.32. The summed E-state index contributed by atoms with van der Waals surface area (Å²) in [5.41, 5.74) is 3.51. The van der Waals surface area contributed by atoms with Crippen molar-refractivity contribution < 1.29 is 4.42 Å². The second-order valence-electron chi connectivity index (χ2n) is 4.87. The third-order valence-corrected chi connectivity index (χ3v) is 5.77. The Hall–Kier alpha value is -1.33. The maximum Gasteiger partial charge on any atom is 0.169 e. The van der Waals surface area contributed by atoms with Gasteiger partial charge in [0.25, 0.3) is 0 Å². The van der Waals surface area contributed by atoms with Gasteiger partial charge < -0.3 is 9.32 Å². The Morgan fingerprint density at radius 3 is 3.10 bits per heavy atom. The fourth-order valence-corrected chi connectivity index (χ4v) is 4.62. The third-order valence-electron chi connectivity index (χ3n) is 3.55. The summed E-state index contributed by atoms with van der Waals surface area (Å²) in [5, 5.41) is 2.32. The van der Waals surface area contributed by atoms with E-state index in [1.807, 2.05) is 6.92 Å². The van der Waals surface area contributed by atoms with E-state index in [0.29, 0.717) is 0 Å². The first-order valence-corrected chi connectivity index (χ1v) is 8.59. The van der Waals surface area contributed by atoms with E-state index in [1.54, 1.807) is 23.5 Å². The van der Waals surface area contributed by atoms with Crippen molar-refractivity contribution in [3.8, 4) is 0 Å². The summed E-state index contributed by atoms with van der Waals surface area (Å²) in [6.45, 7) is 3.88. The normalized spacial score (nSPS) is 18.1. The van der Waals surface area contributed by atoms with Crippen LogP contribution in [-0.4, -0.2) is 29.4 Å². The molecule has 2 aromatic rings. The summed E-state index contributed by atoms with van der Waals surface area (Å²) in [4.78, 5) is 6.91. The highest BCUT2D eigenvalue weighted by Crippen LogP contribution is 2.46. The first-order valence-electron chi connectivity index (χ1n) is 6.55. The largest absolute Gasteiger partial charge is 0.461 e. The van der Waals surface area contributed by atoms with Crippen LogP contribution >= 0.6 is 23.5 Å². The number of rotatable bonds is 2. The number of hydrogen-bond donors (Lipinski definition) is 0. The Morgan fingerprint density at radius 1 is 1.35 bits per heavy atom. The molecule has 0 fully saturated rings. The minimum Gasteiger partial charge on any atom is -0.461 e. The van der Waals surface area contributed by atoms with Gasteiger partial charge >= 0.3 is 0 Å². The Morgan fingerprint density at radius 2 is 2.25 bits per heavy atom. The van der Waals surface area contributed by atoms with Crippen molar-refractivity contribution in [3.63, 3.8) is 0 Å². The average molecular weight is 302 g/mol. The van der Waals surface area contributed by atoms with Crippen molar-refractivity contribution in [2.24, 2.45) is 4.99 Å². The topological polar surface area (TPSA) is 28.7 Å². The molecule has 0 saturated carbocycles. The Bertz CT molecular complexity index is 760. The second-order valence-corrected chi connectivity index (χ2v) is 6.92. The van der Waals surface area contributed by atoms with E-state index >= 15 is 0 Å². The highest BCUT2D eigenvalue weighted by atomic mass is 32.2. The van der Waals surface area contributed by atoms with Crippen LogP contribution < -0.4 is 0 Å². The molecule has 102 valence electrons. The van der Waals surface area contributed by atoms with Crippen LogP contribution in [0.25, 0.3) is 16.7 Å². The first-order chi connectivity index (χ1) is 9.76. The molecule has 0 atom stereocenters. The van der Waals surface area contributed by atoms with Gasteiger partial charge in [0.2, 0.25) is 0 Å². The average Bonchev–Trinajstić information content (AvgIpc) is 3.08. The number of fused-ring (bicyclic) bond motifs is 2. The number of amidine groups is 1. The zero-order chi connectivity index (χ0) is 13.7. The van der Waals surface area contributed by atoms with E-state index in [4.69, 9.17) is 4.42 Å². The minimum atomic E-state index is 0.903. The molecule has 2 aliphatic rings. The van der Waals surface area contributed by atoms with Gasteiger partial charge in [-0.05, 0) is 49.2 Å². The summed E-state index contributed by atoms with van der Waals surface area (Å²) >= 11 is 3.59. The van der Waals surface area contributed by atoms with Gasteiger partial charge in [0.05, 0.1) is 16.5 Å². The van der Waals surface area contributed by atoms with Gasteiger partial charge in [-0.1, -0.05) is 0 Å². The second kappa shape index (κ2) is 4.60. The van der Waals surface area contributed by atoms with E-state index in [2.05, 4.69) is 40.4 Å². The van der Waals surface area contributed by atoms with Crippen molar-refractivity contribution in [1.29, 1.82) is 0 Å². The number of nitrogens with zero attached hydrogens (tertiary/aromatic N) is 2. The van der Waals surface area contributed by atoms with Crippen LogP contribution in [-0.2, 0) is 0 Å². The molecule has 0 aliphatic carbocycles. The van der Waals surface area contributed by atoms with Gasteiger partial charge in [0.1, 0.15) is 11.3 Å². The molecule has 1 aromatic carbocycles. The standard InChI is InChI=1S/C15H14N2OS2/c1-9-7-11-8-10(3-4-12(11)18-9)13-14(19-2)20-15-16-5-6-17(13)15/h3-4,7-8H,5-6H2,1-2H3. The monoisotopic (exact) mass is 302 g/mol. The third kappa shape index (κ3) is 1.80. The Labute approximate surface area is 126 Å². The number of benzene rings is 1. The van der Waals surface area contributed by atoms with Gasteiger partial charge in [-0.2, -0.15) is 0 Å². The van der Waals surface area contributed by atoms with Gasteiger partial charge in [-0.15, -0.1) is 11.8 Å². The summed E-state index contributed by atoms with van der Waals surface area (Å²) in [6, 6.07) is 8.54. The predicted octanol–water partition coefficient (Wildman–Crippen LogP) is 4.15. The smallest absolute Gasteiger partial charge is 0.169 e. The predicted molar refractivity (Wildman–Crippen MR) is 88.0 cm³/mol. The lowest BCUT2D eigenvalue weighted by atomic mass is 10.1. The van der Waals surface area contributed by atoms with Crippen LogP contribution in [0.4, 0.5) is 0 Å². The molecule has 5 heteroatoms. The summed E-state index contributed by atoms with van der Waals surface area (Å²) in [7, 11) is 0. The lowest BCUT2D eigenvalue weighted by Gasteiger charge is -2.17. The first kappa shape index (κ1) is 12.4. The lowest BCUT2D eigenvalue weighted by molar-refractivity contribution is 0.578. The molecule has 0 unspecified atom stereocenters. The number of aliphatic imine (C=N–C) groups is 1. The lowest BCUT2D eigenvalue weighted by Crippen LogP contribution is -2.19. The molecule has 0 spiro atoms. The fraction of sp³-hybridized carbons (Fsp3) is 0.267. The number of hydrogen-bond acceptors (Lipinski definition) is 5. The summed E-state index contributed by atoms with van der Waals surface area (Å²) in [6.07, 6.45) is 2.13. The molecule has 0 amide bonds. The zero-order valence-electron chi connectivity index (χ0n) is 11.3. The van der Waals surface area contributed by atoms with Crippen LogP contribution in [0.15, 0.2) is 37.9 Å². The molecule has 0 saturated heterocycles. The van der Waals surface area contributed by atoms with Crippen LogP contribution in [0.3, 0.4) is 0 Å². The SMILES string of the molecule is CSC1=C(c2ccc3oc(C)cc3c2)N2CCN=C2S1. The maximum absolute atomic E-state index is 5.66. The maximum atomic E-state index is 5.66. The quantitative estimate of drug-likeness (QED) is 0.833. The highest BCUT2D eigenvalue weighted by molar-refractivity contribution is 8.30. The summed E-state index contributed by atoms with van der Waals surface area (Å²) in [5.74, 6) is 0.959.